The Kier molecular flexibility index (Phi) is 2.71. The zero-order chi connectivity index (χ0) is 13.8. The number of ketones is 1. The number of Topliss-reactive ketones (excluding diaryl/α,β-unsaturated/α-hetero) is 1. The number of hydrogen-bond acceptors (Lipinski definition) is 1. The number of aromatic nitrogens is 1. The van der Waals surface area contributed by atoms with Gasteiger partial charge in [0.15, 0.2) is 5.78 Å². The van der Waals surface area contributed by atoms with Gasteiger partial charge in [0, 0.05) is 29.9 Å². The first-order chi connectivity index (χ1) is 8.80. The van der Waals surface area contributed by atoms with E-state index >= 15 is 0 Å². The molecule has 104 valence electrons. The monoisotopic (exact) mass is 259 g/mol. The fourth-order valence-electron chi connectivity index (χ4n) is 4.08. The number of nitrogens with zero attached hydrogens (tertiary/aromatic N) is 1. The highest BCUT2D eigenvalue weighted by Crippen LogP contribution is 2.48. The quantitative estimate of drug-likeness (QED) is 0.733. The van der Waals surface area contributed by atoms with Crippen molar-refractivity contribution in [2.45, 2.75) is 65.8 Å². The molecule has 2 nitrogen and oxygen atoms in total. The molecule has 1 unspecified atom stereocenters. The second-order valence-corrected chi connectivity index (χ2v) is 7.92. The lowest BCUT2D eigenvalue weighted by Crippen LogP contribution is -2.30. The van der Waals surface area contributed by atoms with E-state index in [0.717, 1.165) is 12.0 Å². The molecule has 0 saturated heterocycles. The van der Waals surface area contributed by atoms with Crippen molar-refractivity contribution in [1.82, 2.24) is 4.57 Å². The van der Waals surface area contributed by atoms with Crippen molar-refractivity contribution in [2.75, 3.05) is 0 Å². The Morgan fingerprint density at radius 1 is 1.21 bits per heavy atom. The van der Waals surface area contributed by atoms with Gasteiger partial charge in [0.05, 0.1) is 0 Å². The molecule has 1 aromatic heterocycles. The lowest BCUT2D eigenvalue weighted by Gasteiger charge is -2.34. The molecule has 2 aliphatic carbocycles. The molecule has 0 spiro atoms. The van der Waals surface area contributed by atoms with Crippen LogP contribution in [-0.2, 0) is 6.42 Å². The average Bonchev–Trinajstić information content (AvgIpc) is 2.79. The predicted molar refractivity (Wildman–Crippen MR) is 77.5 cm³/mol. The highest BCUT2D eigenvalue weighted by Gasteiger charge is 2.39. The largest absolute Gasteiger partial charge is 0.347 e. The van der Waals surface area contributed by atoms with E-state index in [9.17, 15) is 4.79 Å². The van der Waals surface area contributed by atoms with Crippen molar-refractivity contribution >= 4 is 5.78 Å². The van der Waals surface area contributed by atoms with Gasteiger partial charge in [0.2, 0.25) is 0 Å². The standard InChI is InChI=1S/C17H25NO/c1-16(2)10-13-12(14(19)11-16)7-9-18(13)15-6-5-8-17(15,3)4/h7,9,15H,5-6,8,10-11H2,1-4H3. The van der Waals surface area contributed by atoms with Crippen molar-refractivity contribution in [3.8, 4) is 0 Å². The van der Waals surface area contributed by atoms with Crippen LogP contribution < -0.4 is 0 Å². The van der Waals surface area contributed by atoms with Crippen LogP contribution in [0.2, 0.25) is 0 Å². The normalized spacial score (nSPS) is 28.4. The van der Waals surface area contributed by atoms with Crippen LogP contribution in [0.5, 0.6) is 0 Å². The molecular weight excluding hydrogens is 234 g/mol. The summed E-state index contributed by atoms with van der Waals surface area (Å²) in [5, 5.41) is 0. The first-order valence-electron chi connectivity index (χ1n) is 7.53. The van der Waals surface area contributed by atoms with Crippen molar-refractivity contribution in [2.24, 2.45) is 10.8 Å². The Morgan fingerprint density at radius 3 is 2.58 bits per heavy atom. The molecule has 1 saturated carbocycles. The lowest BCUT2D eigenvalue weighted by molar-refractivity contribution is 0.0907. The molecule has 0 N–H and O–H groups in total. The van der Waals surface area contributed by atoms with Crippen LogP contribution in [-0.4, -0.2) is 10.4 Å². The molecule has 19 heavy (non-hydrogen) atoms. The van der Waals surface area contributed by atoms with Crippen LogP contribution in [0.3, 0.4) is 0 Å². The number of fused-ring (bicyclic) bond motifs is 1. The van der Waals surface area contributed by atoms with Crippen LogP contribution in [0.15, 0.2) is 12.3 Å². The zero-order valence-electron chi connectivity index (χ0n) is 12.6. The van der Waals surface area contributed by atoms with Gasteiger partial charge in [-0.25, -0.2) is 0 Å². The minimum absolute atomic E-state index is 0.114. The van der Waals surface area contributed by atoms with Crippen LogP contribution in [0, 0.1) is 10.8 Å². The van der Waals surface area contributed by atoms with E-state index in [4.69, 9.17) is 0 Å². The molecule has 1 aromatic rings. The molecule has 2 aliphatic rings. The Morgan fingerprint density at radius 2 is 1.95 bits per heavy atom. The number of rotatable bonds is 1. The summed E-state index contributed by atoms with van der Waals surface area (Å²) in [6, 6.07) is 2.62. The second kappa shape index (κ2) is 3.97. The summed E-state index contributed by atoms with van der Waals surface area (Å²) in [5.74, 6) is 0.334. The number of hydrogen-bond donors (Lipinski definition) is 0. The third-order valence-corrected chi connectivity index (χ3v) is 5.15. The molecule has 1 atom stereocenters. The van der Waals surface area contributed by atoms with Crippen LogP contribution in [0.4, 0.5) is 0 Å². The predicted octanol–water partition coefficient (Wildman–Crippen LogP) is 4.39. The van der Waals surface area contributed by atoms with Gasteiger partial charge in [-0.2, -0.15) is 0 Å². The van der Waals surface area contributed by atoms with E-state index in [0.29, 0.717) is 23.7 Å². The van der Waals surface area contributed by atoms with Gasteiger partial charge in [-0.15, -0.1) is 0 Å². The minimum Gasteiger partial charge on any atom is -0.347 e. The number of carbonyl (C=O) groups excluding carboxylic acids is 1. The summed E-state index contributed by atoms with van der Waals surface area (Å²) < 4.78 is 2.43. The van der Waals surface area contributed by atoms with Gasteiger partial charge in [0.1, 0.15) is 0 Å². The molecular formula is C17H25NO. The minimum atomic E-state index is 0.114. The fourth-order valence-corrected chi connectivity index (χ4v) is 4.08. The van der Waals surface area contributed by atoms with E-state index in [1.54, 1.807) is 0 Å². The van der Waals surface area contributed by atoms with E-state index in [1.807, 2.05) is 0 Å². The van der Waals surface area contributed by atoms with Crippen LogP contribution in [0.25, 0.3) is 0 Å². The Hall–Kier alpha value is -1.05. The smallest absolute Gasteiger partial charge is 0.165 e. The highest BCUT2D eigenvalue weighted by molar-refractivity contribution is 5.98. The molecule has 1 fully saturated rings. The van der Waals surface area contributed by atoms with Gasteiger partial charge in [-0.1, -0.05) is 34.1 Å². The SMILES string of the molecule is CC1(C)CC(=O)c2ccn(C3CCCC3(C)C)c2C1. The maximum absolute atomic E-state index is 12.3. The van der Waals surface area contributed by atoms with Crippen LogP contribution >= 0.6 is 0 Å². The molecule has 1 heterocycles. The second-order valence-electron chi connectivity index (χ2n) is 7.92. The fraction of sp³-hybridized carbons (Fsp3) is 0.706. The number of carbonyl (C=O) groups is 1. The first kappa shape index (κ1) is 13.0. The summed E-state index contributed by atoms with van der Waals surface area (Å²) >= 11 is 0. The van der Waals surface area contributed by atoms with Crippen molar-refractivity contribution in [3.05, 3.63) is 23.5 Å². The van der Waals surface area contributed by atoms with E-state index < -0.39 is 0 Å². The molecule has 0 radical (unpaired) electrons. The molecule has 0 aromatic carbocycles. The summed E-state index contributed by atoms with van der Waals surface area (Å²) in [5.41, 5.74) is 2.75. The maximum atomic E-state index is 12.3. The van der Waals surface area contributed by atoms with E-state index in [2.05, 4.69) is 44.5 Å². The van der Waals surface area contributed by atoms with Crippen molar-refractivity contribution in [3.63, 3.8) is 0 Å². The maximum Gasteiger partial charge on any atom is 0.165 e. The highest BCUT2D eigenvalue weighted by atomic mass is 16.1. The average molecular weight is 259 g/mol. The molecule has 3 rings (SSSR count). The summed E-state index contributed by atoms with van der Waals surface area (Å²) in [4.78, 5) is 12.3. The molecule has 0 amide bonds. The Labute approximate surface area is 116 Å². The van der Waals surface area contributed by atoms with Gasteiger partial charge < -0.3 is 4.57 Å². The summed E-state index contributed by atoms with van der Waals surface area (Å²) in [6.07, 6.45) is 7.75. The molecule has 0 aliphatic heterocycles. The van der Waals surface area contributed by atoms with Gasteiger partial charge >= 0.3 is 0 Å². The lowest BCUT2D eigenvalue weighted by atomic mass is 9.76. The Balaban J connectivity index is 2.04. The van der Waals surface area contributed by atoms with Crippen LogP contribution in [0.1, 0.15) is 75.5 Å². The Bertz CT molecular complexity index is 521. The van der Waals surface area contributed by atoms with Gasteiger partial charge in [-0.3, -0.25) is 4.79 Å². The van der Waals surface area contributed by atoms with Gasteiger partial charge in [-0.05, 0) is 36.2 Å². The zero-order valence-corrected chi connectivity index (χ0v) is 12.6. The van der Waals surface area contributed by atoms with E-state index in [-0.39, 0.29) is 5.41 Å². The molecule has 0 bridgehead atoms. The topological polar surface area (TPSA) is 22.0 Å². The summed E-state index contributed by atoms with van der Waals surface area (Å²) in [7, 11) is 0. The van der Waals surface area contributed by atoms with Gasteiger partial charge in [0.25, 0.3) is 0 Å². The third kappa shape index (κ3) is 2.05. The van der Waals surface area contributed by atoms with E-state index in [1.165, 1.54) is 25.0 Å². The molecule has 2 heteroatoms. The third-order valence-electron chi connectivity index (χ3n) is 5.15. The van der Waals surface area contributed by atoms with Crippen molar-refractivity contribution in [1.29, 1.82) is 0 Å². The first-order valence-corrected chi connectivity index (χ1v) is 7.53. The van der Waals surface area contributed by atoms with Crippen molar-refractivity contribution < 1.29 is 4.79 Å². The summed E-state index contributed by atoms with van der Waals surface area (Å²) in [6.45, 7) is 9.16.